The van der Waals surface area contributed by atoms with E-state index in [0.29, 0.717) is 28.3 Å². The number of aryl methyl sites for hydroxylation is 1. The van der Waals surface area contributed by atoms with Gasteiger partial charge in [0.25, 0.3) is 0 Å². The van der Waals surface area contributed by atoms with E-state index in [2.05, 4.69) is 0 Å². The standard InChI is InChI=1S/C14H11FN2O/c1-9-6-11(3-4-12(9)15)18-14-7-10(8-16)2-5-13(14)17/h2-7H,17H2,1H3. The minimum absolute atomic E-state index is 0.291. The van der Waals surface area contributed by atoms with E-state index in [1.165, 1.54) is 12.1 Å². The molecule has 18 heavy (non-hydrogen) atoms. The first kappa shape index (κ1) is 11.9. The number of anilines is 1. The van der Waals surface area contributed by atoms with Crippen molar-refractivity contribution >= 4 is 5.69 Å². The van der Waals surface area contributed by atoms with Gasteiger partial charge in [-0.1, -0.05) is 0 Å². The molecule has 0 fully saturated rings. The molecule has 0 aromatic heterocycles. The summed E-state index contributed by atoms with van der Waals surface area (Å²) in [5.74, 6) is 0.580. The van der Waals surface area contributed by atoms with Crippen LogP contribution in [-0.2, 0) is 0 Å². The van der Waals surface area contributed by atoms with Gasteiger partial charge in [-0.25, -0.2) is 4.39 Å². The predicted octanol–water partition coefficient (Wildman–Crippen LogP) is 3.38. The van der Waals surface area contributed by atoms with Gasteiger partial charge in [0.2, 0.25) is 0 Å². The Hall–Kier alpha value is -2.54. The van der Waals surface area contributed by atoms with E-state index >= 15 is 0 Å². The van der Waals surface area contributed by atoms with Crippen LogP contribution in [0.4, 0.5) is 10.1 Å². The van der Waals surface area contributed by atoms with Crippen LogP contribution >= 0.6 is 0 Å². The van der Waals surface area contributed by atoms with Crippen molar-refractivity contribution in [2.24, 2.45) is 0 Å². The van der Waals surface area contributed by atoms with Crippen LogP contribution in [0.15, 0.2) is 36.4 Å². The van der Waals surface area contributed by atoms with Crippen molar-refractivity contribution in [1.29, 1.82) is 5.26 Å². The number of benzene rings is 2. The first-order valence-corrected chi connectivity index (χ1v) is 5.34. The van der Waals surface area contributed by atoms with E-state index in [1.54, 1.807) is 31.2 Å². The lowest BCUT2D eigenvalue weighted by Crippen LogP contribution is -1.93. The largest absolute Gasteiger partial charge is 0.455 e. The second-order valence-electron chi connectivity index (χ2n) is 3.88. The molecule has 0 saturated carbocycles. The zero-order chi connectivity index (χ0) is 13.1. The van der Waals surface area contributed by atoms with E-state index in [9.17, 15) is 4.39 Å². The number of nitrogen functional groups attached to an aromatic ring is 1. The van der Waals surface area contributed by atoms with Crippen molar-refractivity contribution in [2.75, 3.05) is 5.73 Å². The Morgan fingerprint density at radius 1 is 1.22 bits per heavy atom. The van der Waals surface area contributed by atoms with Gasteiger partial charge < -0.3 is 10.5 Å². The minimum Gasteiger partial charge on any atom is -0.455 e. The highest BCUT2D eigenvalue weighted by Crippen LogP contribution is 2.29. The summed E-state index contributed by atoms with van der Waals surface area (Å²) in [6, 6.07) is 11.2. The third-order valence-electron chi connectivity index (χ3n) is 2.50. The van der Waals surface area contributed by atoms with Crippen LogP contribution < -0.4 is 10.5 Å². The van der Waals surface area contributed by atoms with E-state index in [-0.39, 0.29) is 5.82 Å². The van der Waals surface area contributed by atoms with Crippen LogP contribution in [0.5, 0.6) is 11.5 Å². The molecule has 2 rings (SSSR count). The van der Waals surface area contributed by atoms with E-state index < -0.39 is 0 Å². The van der Waals surface area contributed by atoms with Crippen molar-refractivity contribution in [1.82, 2.24) is 0 Å². The van der Waals surface area contributed by atoms with Crippen LogP contribution in [0.2, 0.25) is 0 Å². The average molecular weight is 242 g/mol. The molecular weight excluding hydrogens is 231 g/mol. The molecule has 0 unspecified atom stereocenters. The number of ether oxygens (including phenoxy) is 1. The summed E-state index contributed by atoms with van der Waals surface area (Å²) in [5, 5.41) is 8.80. The number of hydrogen-bond donors (Lipinski definition) is 1. The Morgan fingerprint density at radius 2 is 2.00 bits per heavy atom. The average Bonchev–Trinajstić information content (AvgIpc) is 2.36. The minimum atomic E-state index is -0.291. The van der Waals surface area contributed by atoms with Gasteiger partial charge in [0.15, 0.2) is 5.75 Å². The molecule has 0 aliphatic carbocycles. The van der Waals surface area contributed by atoms with Crippen molar-refractivity contribution in [2.45, 2.75) is 6.92 Å². The van der Waals surface area contributed by atoms with E-state index in [0.717, 1.165) is 0 Å². The maximum Gasteiger partial charge on any atom is 0.151 e. The van der Waals surface area contributed by atoms with Gasteiger partial charge in [-0.15, -0.1) is 0 Å². The molecule has 0 amide bonds. The van der Waals surface area contributed by atoms with Crippen LogP contribution in [0.1, 0.15) is 11.1 Å². The van der Waals surface area contributed by atoms with E-state index in [4.69, 9.17) is 15.7 Å². The molecule has 0 aliphatic rings. The molecule has 2 aromatic rings. The smallest absolute Gasteiger partial charge is 0.151 e. The molecule has 4 heteroatoms. The first-order chi connectivity index (χ1) is 8.60. The quantitative estimate of drug-likeness (QED) is 0.821. The van der Waals surface area contributed by atoms with Gasteiger partial charge in [0.05, 0.1) is 17.3 Å². The van der Waals surface area contributed by atoms with Crippen LogP contribution in [0.25, 0.3) is 0 Å². The normalized spacial score (nSPS) is 9.83. The molecule has 0 saturated heterocycles. The SMILES string of the molecule is Cc1cc(Oc2cc(C#N)ccc2N)ccc1F. The fraction of sp³-hybridized carbons (Fsp3) is 0.0714. The second-order valence-corrected chi connectivity index (χ2v) is 3.88. The lowest BCUT2D eigenvalue weighted by molar-refractivity contribution is 0.482. The van der Waals surface area contributed by atoms with Crippen molar-refractivity contribution < 1.29 is 9.13 Å². The summed E-state index contributed by atoms with van der Waals surface area (Å²) in [6.07, 6.45) is 0. The number of halogens is 1. The van der Waals surface area contributed by atoms with Gasteiger partial charge >= 0.3 is 0 Å². The third kappa shape index (κ3) is 2.41. The highest BCUT2D eigenvalue weighted by molar-refractivity contribution is 5.57. The zero-order valence-electron chi connectivity index (χ0n) is 9.77. The number of nitriles is 1. The van der Waals surface area contributed by atoms with E-state index in [1.807, 2.05) is 6.07 Å². The zero-order valence-corrected chi connectivity index (χ0v) is 9.77. The monoisotopic (exact) mass is 242 g/mol. The molecule has 0 spiro atoms. The molecule has 90 valence electrons. The summed E-state index contributed by atoms with van der Waals surface area (Å²) >= 11 is 0. The Balaban J connectivity index is 2.33. The summed E-state index contributed by atoms with van der Waals surface area (Å²) in [5.41, 5.74) is 7.12. The molecular formula is C14H11FN2O. The Morgan fingerprint density at radius 3 is 2.67 bits per heavy atom. The van der Waals surface area contributed by atoms with Crippen molar-refractivity contribution in [3.63, 3.8) is 0 Å². The van der Waals surface area contributed by atoms with Crippen molar-refractivity contribution in [3.05, 3.63) is 53.3 Å². The highest BCUT2D eigenvalue weighted by Gasteiger charge is 2.05. The summed E-state index contributed by atoms with van der Waals surface area (Å²) in [6.45, 7) is 1.65. The third-order valence-corrected chi connectivity index (χ3v) is 2.50. The van der Waals surface area contributed by atoms with Crippen LogP contribution in [0, 0.1) is 24.1 Å². The number of nitrogens with two attached hydrogens (primary N) is 1. The lowest BCUT2D eigenvalue weighted by atomic mass is 10.2. The molecule has 0 atom stereocenters. The highest BCUT2D eigenvalue weighted by atomic mass is 19.1. The van der Waals surface area contributed by atoms with Crippen LogP contribution in [-0.4, -0.2) is 0 Å². The molecule has 0 radical (unpaired) electrons. The maximum atomic E-state index is 13.1. The summed E-state index contributed by atoms with van der Waals surface area (Å²) in [4.78, 5) is 0. The van der Waals surface area contributed by atoms with Gasteiger partial charge in [-0.3, -0.25) is 0 Å². The second kappa shape index (κ2) is 4.76. The Kier molecular flexibility index (Phi) is 3.16. The summed E-state index contributed by atoms with van der Waals surface area (Å²) in [7, 11) is 0. The number of nitrogens with zero attached hydrogens (tertiary/aromatic N) is 1. The molecule has 0 aliphatic heterocycles. The van der Waals surface area contributed by atoms with Crippen LogP contribution in [0.3, 0.4) is 0 Å². The van der Waals surface area contributed by atoms with Crippen molar-refractivity contribution in [3.8, 4) is 17.6 Å². The fourth-order valence-corrected chi connectivity index (χ4v) is 1.50. The van der Waals surface area contributed by atoms with Gasteiger partial charge in [-0.2, -0.15) is 5.26 Å². The molecule has 3 nitrogen and oxygen atoms in total. The molecule has 2 aromatic carbocycles. The number of rotatable bonds is 2. The summed E-state index contributed by atoms with van der Waals surface area (Å²) < 4.78 is 18.7. The lowest BCUT2D eigenvalue weighted by Gasteiger charge is -2.09. The maximum absolute atomic E-state index is 13.1. The van der Waals surface area contributed by atoms with Gasteiger partial charge in [-0.05, 0) is 42.8 Å². The predicted molar refractivity (Wildman–Crippen MR) is 66.8 cm³/mol. The molecule has 0 bridgehead atoms. The first-order valence-electron chi connectivity index (χ1n) is 5.34. The number of hydrogen-bond acceptors (Lipinski definition) is 3. The Bertz CT molecular complexity index is 632. The van der Waals surface area contributed by atoms with Gasteiger partial charge in [0.1, 0.15) is 11.6 Å². The molecule has 0 heterocycles. The van der Waals surface area contributed by atoms with Gasteiger partial charge in [0, 0.05) is 6.07 Å². The fourth-order valence-electron chi connectivity index (χ4n) is 1.50. The molecule has 2 N–H and O–H groups in total. The topological polar surface area (TPSA) is 59.0 Å². The Labute approximate surface area is 104 Å².